The summed E-state index contributed by atoms with van der Waals surface area (Å²) in [4.78, 5) is 23.6. The molecule has 0 bridgehead atoms. The Kier molecular flexibility index (Phi) is 6.04. The second-order valence-corrected chi connectivity index (χ2v) is 6.87. The Balaban J connectivity index is 4.66. The van der Waals surface area contributed by atoms with Gasteiger partial charge in [0.05, 0.1) is 18.9 Å². The van der Waals surface area contributed by atoms with Gasteiger partial charge in [-0.25, -0.2) is 0 Å². The summed E-state index contributed by atoms with van der Waals surface area (Å²) >= 11 is 0. The second kappa shape index (κ2) is 6.40. The van der Waals surface area contributed by atoms with Gasteiger partial charge < -0.3 is 9.47 Å². The van der Waals surface area contributed by atoms with Gasteiger partial charge in [0.25, 0.3) is 0 Å². The average molecular weight is 272 g/mol. The highest BCUT2D eigenvalue weighted by Gasteiger charge is 2.36. The lowest BCUT2D eigenvalue weighted by Gasteiger charge is -2.32. The number of esters is 2. The number of carbonyl (C=O) groups excluding carboxylic acids is 2. The number of carbonyl (C=O) groups is 2. The largest absolute Gasteiger partial charge is 0.469 e. The van der Waals surface area contributed by atoms with E-state index >= 15 is 0 Å². The zero-order valence-electron chi connectivity index (χ0n) is 13.5. The van der Waals surface area contributed by atoms with Crippen LogP contribution in [-0.2, 0) is 19.1 Å². The first-order chi connectivity index (χ1) is 8.40. The normalized spacial score (nSPS) is 15.6. The van der Waals surface area contributed by atoms with Gasteiger partial charge in [-0.05, 0) is 32.6 Å². The highest BCUT2D eigenvalue weighted by Crippen LogP contribution is 2.35. The maximum atomic E-state index is 12.0. The van der Waals surface area contributed by atoms with E-state index in [0.717, 1.165) is 0 Å². The molecule has 0 saturated heterocycles. The zero-order valence-corrected chi connectivity index (χ0v) is 13.5. The van der Waals surface area contributed by atoms with Crippen molar-refractivity contribution in [3.63, 3.8) is 0 Å². The molecule has 0 N–H and O–H groups in total. The van der Waals surface area contributed by atoms with Gasteiger partial charge in [-0.1, -0.05) is 27.7 Å². The molecule has 4 heteroatoms. The van der Waals surface area contributed by atoms with Crippen LogP contribution in [0.15, 0.2) is 0 Å². The molecular weight excluding hydrogens is 244 g/mol. The van der Waals surface area contributed by atoms with Crippen LogP contribution in [0.5, 0.6) is 0 Å². The van der Waals surface area contributed by atoms with Crippen LogP contribution in [0.2, 0.25) is 0 Å². The van der Waals surface area contributed by atoms with Crippen molar-refractivity contribution in [2.75, 3.05) is 7.11 Å². The molecule has 19 heavy (non-hydrogen) atoms. The molecule has 0 aromatic rings. The fourth-order valence-electron chi connectivity index (χ4n) is 1.95. The lowest BCUT2D eigenvalue weighted by Crippen LogP contribution is -2.35. The van der Waals surface area contributed by atoms with Crippen LogP contribution in [0, 0.1) is 17.3 Å². The molecule has 0 aliphatic rings. The van der Waals surface area contributed by atoms with Gasteiger partial charge in [0.15, 0.2) is 0 Å². The summed E-state index contributed by atoms with van der Waals surface area (Å²) in [5.41, 5.74) is -0.799. The first-order valence-corrected chi connectivity index (χ1v) is 6.71. The van der Waals surface area contributed by atoms with E-state index in [0.29, 0.717) is 6.42 Å². The molecule has 2 atom stereocenters. The molecule has 0 aromatic heterocycles. The molecular formula is C15H28O4. The number of ether oxygens (including phenoxy) is 2. The van der Waals surface area contributed by atoms with Crippen LogP contribution in [0.1, 0.15) is 54.9 Å². The lowest BCUT2D eigenvalue weighted by molar-refractivity contribution is -0.162. The Morgan fingerprint density at radius 3 is 1.84 bits per heavy atom. The van der Waals surface area contributed by atoms with E-state index in [4.69, 9.17) is 9.47 Å². The van der Waals surface area contributed by atoms with Crippen molar-refractivity contribution >= 4 is 11.9 Å². The Hall–Kier alpha value is -1.06. The van der Waals surface area contributed by atoms with Crippen molar-refractivity contribution in [2.24, 2.45) is 17.3 Å². The van der Waals surface area contributed by atoms with E-state index in [9.17, 15) is 9.59 Å². The fourth-order valence-corrected chi connectivity index (χ4v) is 1.95. The van der Waals surface area contributed by atoms with Crippen molar-refractivity contribution < 1.29 is 19.1 Å². The summed E-state index contributed by atoms with van der Waals surface area (Å²) < 4.78 is 10.1. The lowest BCUT2D eigenvalue weighted by atomic mass is 9.74. The number of methoxy groups -OCH3 is 1. The topological polar surface area (TPSA) is 52.6 Å². The minimum Gasteiger partial charge on any atom is -0.469 e. The molecule has 0 radical (unpaired) electrons. The SMILES string of the molecule is COC(=O)C(C)C(C)(C)CC(C)C(=O)OC(C)(C)C. The smallest absolute Gasteiger partial charge is 0.309 e. The Morgan fingerprint density at radius 1 is 1.00 bits per heavy atom. The van der Waals surface area contributed by atoms with Gasteiger partial charge in [0.1, 0.15) is 5.60 Å². The minimum atomic E-state index is -0.483. The van der Waals surface area contributed by atoms with Crippen LogP contribution in [0.4, 0.5) is 0 Å². The van der Waals surface area contributed by atoms with Crippen LogP contribution in [-0.4, -0.2) is 24.6 Å². The molecule has 0 rings (SSSR count). The summed E-state index contributed by atoms with van der Waals surface area (Å²) in [6, 6.07) is 0. The van der Waals surface area contributed by atoms with Crippen LogP contribution >= 0.6 is 0 Å². The monoisotopic (exact) mass is 272 g/mol. The molecule has 4 nitrogen and oxygen atoms in total. The van der Waals surface area contributed by atoms with Crippen molar-refractivity contribution in [3.8, 4) is 0 Å². The van der Waals surface area contributed by atoms with Gasteiger partial charge in [-0.3, -0.25) is 9.59 Å². The van der Waals surface area contributed by atoms with Gasteiger partial charge in [0.2, 0.25) is 0 Å². The van der Waals surface area contributed by atoms with E-state index in [1.54, 1.807) is 0 Å². The molecule has 0 fully saturated rings. The number of rotatable bonds is 5. The summed E-state index contributed by atoms with van der Waals surface area (Å²) in [6.45, 7) is 13.1. The molecule has 112 valence electrons. The highest BCUT2D eigenvalue weighted by atomic mass is 16.6. The first kappa shape index (κ1) is 17.9. The van der Waals surface area contributed by atoms with Gasteiger partial charge in [-0.2, -0.15) is 0 Å². The standard InChI is InChI=1S/C15H28O4/c1-10(12(16)19-14(3,4)5)9-15(6,7)11(2)13(17)18-8/h10-11H,9H2,1-8H3. The maximum absolute atomic E-state index is 12.0. The zero-order chi connectivity index (χ0) is 15.4. The molecule has 0 amide bonds. The molecule has 0 spiro atoms. The maximum Gasteiger partial charge on any atom is 0.309 e. The average Bonchev–Trinajstić information content (AvgIpc) is 2.23. The molecule has 0 saturated carbocycles. The molecule has 2 unspecified atom stereocenters. The highest BCUT2D eigenvalue weighted by molar-refractivity contribution is 5.74. The molecule has 0 aliphatic heterocycles. The Bertz CT molecular complexity index is 326. The van der Waals surface area contributed by atoms with Crippen molar-refractivity contribution in [1.82, 2.24) is 0 Å². The predicted octanol–water partition coefficient (Wildman–Crippen LogP) is 3.19. The summed E-state index contributed by atoms with van der Waals surface area (Å²) in [6.07, 6.45) is 0.582. The third-order valence-electron chi connectivity index (χ3n) is 3.37. The summed E-state index contributed by atoms with van der Waals surface area (Å²) in [5.74, 6) is -0.984. The molecule has 0 aromatic carbocycles. The van der Waals surface area contributed by atoms with E-state index in [1.165, 1.54) is 7.11 Å². The van der Waals surface area contributed by atoms with Gasteiger partial charge >= 0.3 is 11.9 Å². The number of hydrogen-bond acceptors (Lipinski definition) is 4. The van der Waals surface area contributed by atoms with Crippen LogP contribution in [0.25, 0.3) is 0 Å². The van der Waals surface area contributed by atoms with Crippen molar-refractivity contribution in [2.45, 2.75) is 60.5 Å². The third kappa shape index (κ3) is 6.08. The first-order valence-electron chi connectivity index (χ1n) is 6.71. The van der Waals surface area contributed by atoms with Gasteiger partial charge in [-0.15, -0.1) is 0 Å². The number of hydrogen-bond donors (Lipinski definition) is 0. The Labute approximate surface area is 116 Å². The van der Waals surface area contributed by atoms with Crippen molar-refractivity contribution in [3.05, 3.63) is 0 Å². The minimum absolute atomic E-state index is 0.224. The van der Waals surface area contributed by atoms with E-state index in [1.807, 2.05) is 48.5 Å². The predicted molar refractivity (Wildman–Crippen MR) is 74.6 cm³/mol. The quantitative estimate of drug-likeness (QED) is 0.721. The second-order valence-electron chi connectivity index (χ2n) is 6.87. The molecule has 0 aliphatic carbocycles. The van der Waals surface area contributed by atoms with Crippen molar-refractivity contribution in [1.29, 1.82) is 0 Å². The van der Waals surface area contributed by atoms with E-state index in [-0.39, 0.29) is 29.2 Å². The Morgan fingerprint density at radius 2 is 1.47 bits per heavy atom. The molecule has 0 heterocycles. The summed E-state index contributed by atoms with van der Waals surface area (Å²) in [7, 11) is 1.38. The third-order valence-corrected chi connectivity index (χ3v) is 3.37. The van der Waals surface area contributed by atoms with E-state index in [2.05, 4.69) is 0 Å². The van der Waals surface area contributed by atoms with Gasteiger partial charge in [0, 0.05) is 0 Å². The summed E-state index contributed by atoms with van der Waals surface area (Å²) in [5, 5.41) is 0. The van der Waals surface area contributed by atoms with E-state index < -0.39 is 5.60 Å². The van der Waals surface area contributed by atoms with Crippen LogP contribution in [0.3, 0.4) is 0 Å². The fraction of sp³-hybridized carbons (Fsp3) is 0.867. The van der Waals surface area contributed by atoms with Crippen LogP contribution < -0.4 is 0 Å².